The summed E-state index contributed by atoms with van der Waals surface area (Å²) < 4.78 is 23.2. The summed E-state index contributed by atoms with van der Waals surface area (Å²) >= 11 is 0. The molecule has 106 valence electrons. The SMILES string of the molecule is CC(C)C1(C)CCN(CC2(S(C)(=O)=O)CC2)CC1. The van der Waals surface area contributed by atoms with Gasteiger partial charge in [0, 0.05) is 12.8 Å². The van der Waals surface area contributed by atoms with Gasteiger partial charge in [0.05, 0.1) is 4.75 Å². The minimum Gasteiger partial charge on any atom is -0.302 e. The highest BCUT2D eigenvalue weighted by atomic mass is 32.2. The van der Waals surface area contributed by atoms with Crippen LogP contribution in [0.15, 0.2) is 0 Å². The summed E-state index contributed by atoms with van der Waals surface area (Å²) in [6.45, 7) is 9.86. The lowest BCUT2D eigenvalue weighted by atomic mass is 9.72. The van der Waals surface area contributed by atoms with Gasteiger partial charge >= 0.3 is 0 Å². The maximum absolute atomic E-state index is 11.8. The third kappa shape index (κ3) is 2.60. The van der Waals surface area contributed by atoms with Gasteiger partial charge in [-0.25, -0.2) is 8.42 Å². The third-order valence-corrected chi connectivity index (χ3v) is 7.61. The molecule has 0 N–H and O–H groups in total. The fourth-order valence-corrected chi connectivity index (χ4v) is 4.25. The summed E-state index contributed by atoms with van der Waals surface area (Å²) in [7, 11) is -2.88. The van der Waals surface area contributed by atoms with E-state index in [0.29, 0.717) is 11.3 Å². The summed E-state index contributed by atoms with van der Waals surface area (Å²) in [5.41, 5.74) is 0.443. The van der Waals surface area contributed by atoms with E-state index in [1.54, 1.807) is 0 Å². The Labute approximate surface area is 112 Å². The fourth-order valence-electron chi connectivity index (χ4n) is 2.99. The van der Waals surface area contributed by atoms with E-state index in [1.165, 1.54) is 19.1 Å². The number of piperidine rings is 1. The predicted molar refractivity (Wildman–Crippen MR) is 75.4 cm³/mol. The molecule has 1 aliphatic carbocycles. The largest absolute Gasteiger partial charge is 0.302 e. The molecule has 4 heteroatoms. The maximum atomic E-state index is 11.8. The zero-order valence-electron chi connectivity index (χ0n) is 12.2. The Hall–Kier alpha value is -0.0900. The van der Waals surface area contributed by atoms with Gasteiger partial charge in [-0.15, -0.1) is 0 Å². The normalized spacial score (nSPS) is 27.4. The van der Waals surface area contributed by atoms with Crippen LogP contribution in [0.2, 0.25) is 0 Å². The lowest BCUT2D eigenvalue weighted by Gasteiger charge is -2.43. The molecule has 0 bridgehead atoms. The first kappa shape index (κ1) is 14.3. The molecular formula is C14H27NO2S. The molecule has 2 fully saturated rings. The second kappa shape index (κ2) is 4.48. The molecule has 0 unspecified atom stereocenters. The van der Waals surface area contributed by atoms with Crippen molar-refractivity contribution in [1.82, 2.24) is 4.90 Å². The van der Waals surface area contributed by atoms with Gasteiger partial charge in [-0.1, -0.05) is 20.8 Å². The van der Waals surface area contributed by atoms with Crippen LogP contribution in [-0.2, 0) is 9.84 Å². The van der Waals surface area contributed by atoms with E-state index >= 15 is 0 Å². The van der Waals surface area contributed by atoms with Crippen molar-refractivity contribution in [3.63, 3.8) is 0 Å². The Morgan fingerprint density at radius 2 is 1.61 bits per heavy atom. The molecule has 1 saturated heterocycles. The van der Waals surface area contributed by atoms with Gasteiger partial charge in [-0.3, -0.25) is 0 Å². The smallest absolute Gasteiger partial charge is 0.154 e. The number of rotatable bonds is 4. The van der Waals surface area contributed by atoms with Crippen molar-refractivity contribution in [2.45, 2.75) is 51.2 Å². The van der Waals surface area contributed by atoms with Crippen LogP contribution in [0.4, 0.5) is 0 Å². The minimum absolute atomic E-state index is 0.390. The van der Waals surface area contributed by atoms with Crippen LogP contribution in [0, 0.1) is 11.3 Å². The Kier molecular flexibility index (Phi) is 3.56. The van der Waals surface area contributed by atoms with E-state index in [4.69, 9.17) is 0 Å². The van der Waals surface area contributed by atoms with Gasteiger partial charge in [0.2, 0.25) is 0 Å². The van der Waals surface area contributed by atoms with Crippen molar-refractivity contribution in [1.29, 1.82) is 0 Å². The molecular weight excluding hydrogens is 246 g/mol. The Morgan fingerprint density at radius 1 is 1.11 bits per heavy atom. The Balaban J connectivity index is 1.92. The summed E-state index contributed by atoms with van der Waals surface area (Å²) in [5, 5.41) is 0. The van der Waals surface area contributed by atoms with Gasteiger partial charge < -0.3 is 4.90 Å². The van der Waals surface area contributed by atoms with Crippen LogP contribution in [0.25, 0.3) is 0 Å². The number of likely N-dealkylation sites (tertiary alicyclic amines) is 1. The van der Waals surface area contributed by atoms with E-state index in [0.717, 1.165) is 32.5 Å². The number of sulfone groups is 1. The van der Waals surface area contributed by atoms with Crippen LogP contribution in [0.1, 0.15) is 46.5 Å². The van der Waals surface area contributed by atoms with E-state index < -0.39 is 14.6 Å². The summed E-state index contributed by atoms with van der Waals surface area (Å²) in [4.78, 5) is 2.37. The molecule has 3 nitrogen and oxygen atoms in total. The molecule has 0 spiro atoms. The van der Waals surface area contributed by atoms with Crippen molar-refractivity contribution < 1.29 is 8.42 Å². The van der Waals surface area contributed by atoms with Crippen molar-refractivity contribution in [3.8, 4) is 0 Å². The second-order valence-electron chi connectivity index (χ2n) is 7.04. The van der Waals surface area contributed by atoms with Gasteiger partial charge in [-0.2, -0.15) is 0 Å². The zero-order valence-corrected chi connectivity index (χ0v) is 13.0. The minimum atomic E-state index is -2.88. The summed E-state index contributed by atoms with van der Waals surface area (Å²) in [5.74, 6) is 0.712. The predicted octanol–water partition coefficient (Wildman–Crippen LogP) is 2.32. The van der Waals surface area contributed by atoms with Gasteiger partial charge in [0.1, 0.15) is 0 Å². The maximum Gasteiger partial charge on any atom is 0.154 e. The molecule has 2 aliphatic rings. The average molecular weight is 273 g/mol. The lowest BCUT2D eigenvalue weighted by molar-refractivity contribution is 0.0772. The molecule has 0 radical (unpaired) electrons. The third-order valence-electron chi connectivity index (χ3n) is 5.50. The Bertz CT molecular complexity index is 402. The van der Waals surface area contributed by atoms with Gasteiger partial charge in [0.15, 0.2) is 9.84 Å². The molecule has 1 saturated carbocycles. The van der Waals surface area contributed by atoms with Gasteiger partial charge in [0.25, 0.3) is 0 Å². The fraction of sp³-hybridized carbons (Fsp3) is 1.00. The van der Waals surface area contributed by atoms with Crippen LogP contribution >= 0.6 is 0 Å². The summed E-state index contributed by atoms with van der Waals surface area (Å²) in [6, 6.07) is 0. The van der Waals surface area contributed by atoms with Gasteiger partial charge in [-0.05, 0) is 50.1 Å². The van der Waals surface area contributed by atoms with E-state index in [-0.39, 0.29) is 0 Å². The van der Waals surface area contributed by atoms with Crippen molar-refractivity contribution in [3.05, 3.63) is 0 Å². The van der Waals surface area contributed by atoms with Crippen LogP contribution < -0.4 is 0 Å². The molecule has 2 rings (SSSR count). The molecule has 1 heterocycles. The quantitative estimate of drug-likeness (QED) is 0.789. The highest BCUT2D eigenvalue weighted by Gasteiger charge is 2.53. The molecule has 0 atom stereocenters. The van der Waals surface area contributed by atoms with E-state index in [1.807, 2.05) is 0 Å². The first-order valence-corrected chi connectivity index (χ1v) is 9.00. The van der Waals surface area contributed by atoms with Crippen LogP contribution in [0.5, 0.6) is 0 Å². The topological polar surface area (TPSA) is 37.4 Å². The highest BCUT2D eigenvalue weighted by Crippen LogP contribution is 2.45. The number of hydrogen-bond acceptors (Lipinski definition) is 3. The standard InChI is InChI=1S/C14H27NO2S/c1-12(2)13(3)7-9-15(10-8-13)11-14(5-6-14)18(4,16)17/h12H,5-11H2,1-4H3. The molecule has 0 aromatic rings. The molecule has 0 aromatic carbocycles. The second-order valence-corrected chi connectivity index (χ2v) is 9.45. The number of hydrogen-bond donors (Lipinski definition) is 0. The molecule has 0 amide bonds. The van der Waals surface area contributed by atoms with E-state index in [2.05, 4.69) is 25.7 Å². The van der Waals surface area contributed by atoms with E-state index in [9.17, 15) is 8.42 Å². The molecule has 1 aliphatic heterocycles. The van der Waals surface area contributed by atoms with Crippen molar-refractivity contribution in [2.75, 3.05) is 25.9 Å². The lowest BCUT2D eigenvalue weighted by Crippen LogP contribution is -2.46. The first-order chi connectivity index (χ1) is 8.19. The van der Waals surface area contributed by atoms with Crippen LogP contribution in [0.3, 0.4) is 0 Å². The summed E-state index contributed by atoms with van der Waals surface area (Å²) in [6.07, 6.45) is 5.53. The molecule has 0 aromatic heterocycles. The first-order valence-electron chi connectivity index (χ1n) is 7.11. The average Bonchev–Trinajstić information content (AvgIpc) is 3.02. The number of nitrogens with zero attached hydrogens (tertiary/aromatic N) is 1. The molecule has 18 heavy (non-hydrogen) atoms. The van der Waals surface area contributed by atoms with Crippen LogP contribution in [-0.4, -0.2) is 44.0 Å². The Morgan fingerprint density at radius 3 is 1.94 bits per heavy atom. The van der Waals surface area contributed by atoms with Crippen molar-refractivity contribution >= 4 is 9.84 Å². The highest BCUT2D eigenvalue weighted by molar-refractivity contribution is 7.92. The zero-order chi connectivity index (χ0) is 13.6. The monoisotopic (exact) mass is 273 g/mol. The van der Waals surface area contributed by atoms with Crippen molar-refractivity contribution in [2.24, 2.45) is 11.3 Å².